The fourth-order valence-corrected chi connectivity index (χ4v) is 3.49. The summed E-state index contributed by atoms with van der Waals surface area (Å²) in [6.07, 6.45) is 1.11. The summed E-state index contributed by atoms with van der Waals surface area (Å²) in [5, 5.41) is 0. The van der Waals surface area contributed by atoms with Gasteiger partial charge in [-0.05, 0) is 31.4 Å². The van der Waals surface area contributed by atoms with Gasteiger partial charge in [-0.1, -0.05) is 48.5 Å². The molecule has 1 fully saturated rings. The molecule has 1 aliphatic heterocycles. The van der Waals surface area contributed by atoms with Crippen molar-refractivity contribution in [1.29, 1.82) is 0 Å². The second-order valence-electron chi connectivity index (χ2n) is 7.22. The van der Waals surface area contributed by atoms with Crippen molar-refractivity contribution in [3.63, 3.8) is 0 Å². The van der Waals surface area contributed by atoms with E-state index < -0.39 is 5.97 Å². The Morgan fingerprint density at radius 1 is 0.903 bits per heavy atom. The number of rotatable bonds is 8. The molecule has 0 aromatic heterocycles. The van der Waals surface area contributed by atoms with Crippen LogP contribution < -0.4 is 4.74 Å². The van der Waals surface area contributed by atoms with Crippen molar-refractivity contribution in [3.05, 3.63) is 54.6 Å². The van der Waals surface area contributed by atoms with Crippen LogP contribution in [0.3, 0.4) is 0 Å². The van der Waals surface area contributed by atoms with Crippen molar-refractivity contribution in [2.75, 3.05) is 32.9 Å². The van der Waals surface area contributed by atoms with Gasteiger partial charge in [-0.3, -0.25) is 9.59 Å². The third-order valence-electron chi connectivity index (χ3n) is 5.14. The maximum Gasteiger partial charge on any atom is 0.344 e. The lowest BCUT2D eigenvalue weighted by atomic mass is 9.97. The number of para-hydroxylation sites is 1. The molecule has 0 saturated carbocycles. The lowest BCUT2D eigenvalue weighted by Crippen LogP contribution is -2.42. The van der Waals surface area contributed by atoms with Crippen LogP contribution in [0.25, 0.3) is 11.1 Å². The fourth-order valence-electron chi connectivity index (χ4n) is 3.49. The molecule has 3 rings (SSSR count). The van der Waals surface area contributed by atoms with E-state index in [0.717, 1.165) is 11.1 Å². The molecule has 1 aliphatic rings. The molecule has 7 nitrogen and oxygen atoms in total. The third kappa shape index (κ3) is 6.31. The van der Waals surface area contributed by atoms with Crippen molar-refractivity contribution in [2.24, 2.45) is 5.92 Å². The van der Waals surface area contributed by atoms with Crippen LogP contribution in [0.1, 0.15) is 19.8 Å². The maximum atomic E-state index is 12.3. The zero-order valence-electron chi connectivity index (χ0n) is 17.6. The first-order chi connectivity index (χ1) is 15.1. The summed E-state index contributed by atoms with van der Waals surface area (Å²) in [5.74, 6) is -0.713. The zero-order valence-corrected chi connectivity index (χ0v) is 17.6. The van der Waals surface area contributed by atoms with Crippen LogP contribution in [-0.4, -0.2) is 55.7 Å². The molecule has 1 heterocycles. The lowest BCUT2D eigenvalue weighted by Gasteiger charge is -2.30. The number of carbonyl (C=O) groups excluding carboxylic acids is 3. The van der Waals surface area contributed by atoms with E-state index in [-0.39, 0.29) is 31.0 Å². The Hall–Kier alpha value is -3.35. The Morgan fingerprint density at radius 3 is 2.29 bits per heavy atom. The van der Waals surface area contributed by atoms with Crippen LogP contribution in [0.2, 0.25) is 0 Å². The van der Waals surface area contributed by atoms with Gasteiger partial charge in [0, 0.05) is 18.7 Å². The van der Waals surface area contributed by atoms with E-state index in [1.54, 1.807) is 17.9 Å². The molecule has 0 bridgehead atoms. The molecule has 0 N–H and O–H groups in total. The first-order valence-corrected chi connectivity index (χ1v) is 10.5. The molecule has 0 unspecified atom stereocenters. The van der Waals surface area contributed by atoms with Crippen LogP contribution in [0.4, 0.5) is 0 Å². The number of piperidine rings is 1. The number of esters is 2. The third-order valence-corrected chi connectivity index (χ3v) is 5.14. The Balaban J connectivity index is 1.43. The molecule has 2 aromatic rings. The monoisotopic (exact) mass is 425 g/mol. The summed E-state index contributed by atoms with van der Waals surface area (Å²) < 4.78 is 15.8. The van der Waals surface area contributed by atoms with E-state index in [1.807, 2.05) is 48.5 Å². The number of carbonyl (C=O) groups is 3. The van der Waals surface area contributed by atoms with Gasteiger partial charge in [0.25, 0.3) is 5.91 Å². The summed E-state index contributed by atoms with van der Waals surface area (Å²) in [6, 6.07) is 17.2. The number of amides is 1. The van der Waals surface area contributed by atoms with Crippen LogP contribution in [-0.2, 0) is 23.9 Å². The molecule has 1 saturated heterocycles. The SMILES string of the molecule is CCOC(=O)C1CCN(C(=O)COC(=O)COc2ccccc2-c2ccccc2)CC1. The quantitative estimate of drug-likeness (QED) is 0.605. The molecular weight excluding hydrogens is 398 g/mol. The summed E-state index contributed by atoms with van der Waals surface area (Å²) in [4.78, 5) is 37.8. The van der Waals surface area contributed by atoms with Crippen molar-refractivity contribution in [3.8, 4) is 16.9 Å². The van der Waals surface area contributed by atoms with Gasteiger partial charge in [0.15, 0.2) is 13.2 Å². The van der Waals surface area contributed by atoms with Gasteiger partial charge < -0.3 is 19.1 Å². The number of ether oxygens (including phenoxy) is 3. The van der Waals surface area contributed by atoms with Gasteiger partial charge in [-0.15, -0.1) is 0 Å². The minimum absolute atomic E-state index is 0.176. The predicted octanol–water partition coefficient (Wildman–Crippen LogP) is 3.08. The van der Waals surface area contributed by atoms with E-state index in [1.165, 1.54) is 0 Å². The van der Waals surface area contributed by atoms with E-state index >= 15 is 0 Å². The highest BCUT2D eigenvalue weighted by atomic mass is 16.6. The Kier molecular flexibility index (Phi) is 8.04. The maximum absolute atomic E-state index is 12.3. The second-order valence-corrected chi connectivity index (χ2v) is 7.22. The number of hydrogen-bond donors (Lipinski definition) is 0. The average Bonchev–Trinajstić information content (AvgIpc) is 2.82. The average molecular weight is 425 g/mol. The molecule has 0 spiro atoms. The molecule has 0 atom stereocenters. The normalized spacial score (nSPS) is 14.0. The molecule has 1 amide bonds. The molecule has 2 aromatic carbocycles. The van der Waals surface area contributed by atoms with Crippen LogP contribution in [0, 0.1) is 5.92 Å². The van der Waals surface area contributed by atoms with Gasteiger partial charge >= 0.3 is 11.9 Å². The summed E-state index contributed by atoms with van der Waals surface area (Å²) in [7, 11) is 0. The second kappa shape index (κ2) is 11.2. The largest absolute Gasteiger partial charge is 0.481 e. The first-order valence-electron chi connectivity index (χ1n) is 10.5. The molecule has 0 radical (unpaired) electrons. The highest BCUT2D eigenvalue weighted by molar-refractivity contribution is 5.81. The first kappa shape index (κ1) is 22.3. The highest BCUT2D eigenvalue weighted by Crippen LogP contribution is 2.29. The Morgan fingerprint density at radius 2 is 1.58 bits per heavy atom. The van der Waals surface area contributed by atoms with Crippen LogP contribution >= 0.6 is 0 Å². The van der Waals surface area contributed by atoms with Crippen molar-refractivity contribution in [2.45, 2.75) is 19.8 Å². The number of hydrogen-bond acceptors (Lipinski definition) is 6. The standard InChI is InChI=1S/C24H27NO6/c1-2-29-24(28)19-12-14-25(15-13-19)22(26)16-31-23(27)17-30-21-11-7-6-10-20(21)18-8-4-3-5-9-18/h3-11,19H,2,12-17H2,1H3. The Labute approximate surface area is 181 Å². The van der Waals surface area contributed by atoms with E-state index in [9.17, 15) is 14.4 Å². The predicted molar refractivity (Wildman–Crippen MR) is 114 cm³/mol. The van der Waals surface area contributed by atoms with Crippen molar-refractivity contribution < 1.29 is 28.6 Å². The van der Waals surface area contributed by atoms with Gasteiger partial charge in [0.2, 0.25) is 0 Å². The molecule has 7 heteroatoms. The summed E-state index contributed by atoms with van der Waals surface area (Å²) in [5.41, 5.74) is 1.85. The summed E-state index contributed by atoms with van der Waals surface area (Å²) >= 11 is 0. The number of nitrogens with zero attached hydrogens (tertiary/aromatic N) is 1. The Bertz CT molecular complexity index is 890. The lowest BCUT2D eigenvalue weighted by molar-refractivity contribution is -0.155. The zero-order chi connectivity index (χ0) is 22.1. The minimum atomic E-state index is -0.613. The summed E-state index contributed by atoms with van der Waals surface area (Å²) in [6.45, 7) is 2.39. The van der Waals surface area contributed by atoms with E-state index in [4.69, 9.17) is 14.2 Å². The molecular formula is C24H27NO6. The number of benzene rings is 2. The van der Waals surface area contributed by atoms with Gasteiger partial charge in [0.1, 0.15) is 5.75 Å². The fraction of sp³-hybridized carbons (Fsp3) is 0.375. The van der Waals surface area contributed by atoms with Crippen molar-refractivity contribution in [1.82, 2.24) is 4.90 Å². The van der Waals surface area contributed by atoms with E-state index in [0.29, 0.717) is 38.3 Å². The number of likely N-dealkylation sites (tertiary alicyclic amines) is 1. The van der Waals surface area contributed by atoms with E-state index in [2.05, 4.69) is 0 Å². The molecule has 31 heavy (non-hydrogen) atoms. The van der Waals surface area contributed by atoms with Crippen LogP contribution in [0.5, 0.6) is 5.75 Å². The van der Waals surface area contributed by atoms with Gasteiger partial charge in [0.05, 0.1) is 12.5 Å². The van der Waals surface area contributed by atoms with Crippen molar-refractivity contribution >= 4 is 17.8 Å². The van der Waals surface area contributed by atoms with Gasteiger partial charge in [-0.2, -0.15) is 0 Å². The smallest absolute Gasteiger partial charge is 0.344 e. The topological polar surface area (TPSA) is 82.1 Å². The van der Waals surface area contributed by atoms with Crippen LogP contribution in [0.15, 0.2) is 54.6 Å². The minimum Gasteiger partial charge on any atom is -0.481 e. The molecule has 0 aliphatic carbocycles. The highest BCUT2D eigenvalue weighted by Gasteiger charge is 2.28. The molecule has 164 valence electrons. The van der Waals surface area contributed by atoms with Gasteiger partial charge in [-0.25, -0.2) is 4.79 Å².